The summed E-state index contributed by atoms with van der Waals surface area (Å²) >= 11 is 0. The van der Waals surface area contributed by atoms with Gasteiger partial charge in [-0.25, -0.2) is 0 Å². The molecule has 2 bridgehead atoms. The molecule has 1 amide bonds. The number of carbonyl (C=O) groups excluding carboxylic acids is 1. The zero-order valence-electron chi connectivity index (χ0n) is 14.2. The normalized spacial score (nSPS) is 22.2. The number of benzene rings is 1. The van der Waals surface area contributed by atoms with E-state index in [1.807, 2.05) is 24.0 Å². The third kappa shape index (κ3) is 3.01. The van der Waals surface area contributed by atoms with Gasteiger partial charge in [0.05, 0.1) is 17.3 Å². The van der Waals surface area contributed by atoms with E-state index in [0.717, 1.165) is 37.4 Å². The van der Waals surface area contributed by atoms with Crippen molar-refractivity contribution < 1.29 is 4.79 Å². The lowest BCUT2D eigenvalue weighted by molar-refractivity contribution is -0.0503. The summed E-state index contributed by atoms with van der Waals surface area (Å²) in [6.07, 6.45) is 1.08. The number of carbonyl (C=O) groups is 1. The molecule has 4 heterocycles. The largest absolute Gasteiger partial charge is 0.330 e. The fourth-order valence-corrected chi connectivity index (χ4v) is 3.91. The number of aromatic nitrogens is 1. The van der Waals surface area contributed by atoms with Crippen molar-refractivity contribution in [1.82, 2.24) is 14.8 Å². The van der Waals surface area contributed by atoms with E-state index in [4.69, 9.17) is 5.26 Å². The fourth-order valence-electron chi connectivity index (χ4n) is 3.91. The number of hydrogen-bond donors (Lipinski definition) is 0. The van der Waals surface area contributed by atoms with Crippen LogP contribution >= 0.6 is 0 Å². The molecule has 0 N–H and O–H groups in total. The van der Waals surface area contributed by atoms with Crippen molar-refractivity contribution in [2.45, 2.75) is 32.0 Å². The van der Waals surface area contributed by atoms with E-state index in [1.165, 1.54) is 0 Å². The van der Waals surface area contributed by atoms with Crippen molar-refractivity contribution >= 4 is 5.91 Å². The van der Waals surface area contributed by atoms with E-state index in [-0.39, 0.29) is 18.0 Å². The van der Waals surface area contributed by atoms with Crippen LogP contribution in [-0.2, 0) is 6.54 Å². The fraction of sp³-hybridized carbons (Fsp3) is 0.350. The Balaban J connectivity index is 1.41. The molecule has 3 aliphatic rings. The van der Waals surface area contributed by atoms with Crippen LogP contribution in [0.4, 0.5) is 0 Å². The number of amides is 1. The SMILES string of the molecule is Cc1cccc(CN2CC3CC(C2)N3C(=O)c2ccc(C#N)cc2)n1. The Hall–Kier alpha value is -2.71. The Kier molecular flexibility index (Phi) is 3.98. The van der Waals surface area contributed by atoms with Crippen molar-refractivity contribution in [1.29, 1.82) is 5.26 Å². The number of aryl methyl sites for hydroxylation is 1. The van der Waals surface area contributed by atoms with E-state index in [1.54, 1.807) is 24.3 Å². The van der Waals surface area contributed by atoms with E-state index in [9.17, 15) is 4.79 Å². The maximum atomic E-state index is 12.8. The van der Waals surface area contributed by atoms with Crippen molar-refractivity contribution in [3.63, 3.8) is 0 Å². The summed E-state index contributed by atoms with van der Waals surface area (Å²) in [5.74, 6) is 0.0825. The molecular weight excluding hydrogens is 312 g/mol. The van der Waals surface area contributed by atoms with E-state index < -0.39 is 0 Å². The predicted molar refractivity (Wildman–Crippen MR) is 93.8 cm³/mol. The van der Waals surface area contributed by atoms with Gasteiger partial charge < -0.3 is 4.90 Å². The second-order valence-corrected chi connectivity index (χ2v) is 6.91. The van der Waals surface area contributed by atoms with E-state index in [0.29, 0.717) is 11.1 Å². The average Bonchev–Trinajstić information content (AvgIpc) is 2.61. The maximum Gasteiger partial charge on any atom is 0.254 e. The Morgan fingerprint density at radius 2 is 1.92 bits per heavy atom. The number of rotatable bonds is 3. The van der Waals surface area contributed by atoms with Crippen LogP contribution in [0, 0.1) is 18.3 Å². The van der Waals surface area contributed by atoms with Crippen LogP contribution in [0.5, 0.6) is 0 Å². The Labute approximate surface area is 147 Å². The molecule has 2 aromatic rings. The van der Waals surface area contributed by atoms with Gasteiger partial charge in [-0.15, -0.1) is 0 Å². The van der Waals surface area contributed by atoms with Gasteiger partial charge >= 0.3 is 0 Å². The van der Waals surface area contributed by atoms with Gasteiger partial charge in [-0.3, -0.25) is 14.7 Å². The molecule has 0 radical (unpaired) electrons. The Bertz CT molecular complexity index is 828. The molecule has 126 valence electrons. The van der Waals surface area contributed by atoms with Gasteiger partial charge in [-0.2, -0.15) is 5.26 Å². The zero-order valence-corrected chi connectivity index (χ0v) is 14.2. The Morgan fingerprint density at radius 1 is 1.20 bits per heavy atom. The van der Waals surface area contributed by atoms with E-state index >= 15 is 0 Å². The quantitative estimate of drug-likeness (QED) is 0.866. The third-order valence-electron chi connectivity index (χ3n) is 5.10. The number of fused-ring (bicyclic) bond motifs is 2. The summed E-state index contributed by atoms with van der Waals surface area (Å²) < 4.78 is 0. The summed E-state index contributed by atoms with van der Waals surface area (Å²) in [6.45, 7) is 4.64. The first-order valence-electron chi connectivity index (χ1n) is 8.62. The van der Waals surface area contributed by atoms with Crippen molar-refractivity contribution in [2.24, 2.45) is 0 Å². The summed E-state index contributed by atoms with van der Waals surface area (Å²) in [7, 11) is 0. The Morgan fingerprint density at radius 3 is 2.56 bits per heavy atom. The number of hydrogen-bond acceptors (Lipinski definition) is 4. The number of piperidine rings is 1. The van der Waals surface area contributed by atoms with Gasteiger partial charge in [-0.1, -0.05) is 6.07 Å². The molecular formula is C20H20N4O. The minimum atomic E-state index is 0.0825. The predicted octanol–water partition coefficient (Wildman–Crippen LogP) is 2.36. The molecule has 5 nitrogen and oxygen atoms in total. The lowest BCUT2D eigenvalue weighted by Crippen LogP contribution is -2.69. The second-order valence-electron chi connectivity index (χ2n) is 6.91. The van der Waals surface area contributed by atoms with Crippen LogP contribution in [0.1, 0.15) is 33.7 Å². The van der Waals surface area contributed by atoms with Gasteiger partial charge in [0.2, 0.25) is 0 Å². The minimum absolute atomic E-state index is 0.0825. The smallest absolute Gasteiger partial charge is 0.254 e. The summed E-state index contributed by atoms with van der Waals surface area (Å²) in [6, 6.07) is 15.7. The highest BCUT2D eigenvalue weighted by Gasteiger charge is 2.47. The van der Waals surface area contributed by atoms with Crippen LogP contribution in [0.15, 0.2) is 42.5 Å². The highest BCUT2D eigenvalue weighted by Crippen LogP contribution is 2.34. The zero-order chi connectivity index (χ0) is 17.4. The van der Waals surface area contributed by atoms with Gasteiger partial charge in [0.25, 0.3) is 5.91 Å². The lowest BCUT2D eigenvalue weighted by atomic mass is 9.86. The molecule has 3 aliphatic heterocycles. The molecule has 5 rings (SSSR count). The molecule has 0 saturated carbocycles. The highest BCUT2D eigenvalue weighted by atomic mass is 16.2. The van der Waals surface area contributed by atoms with Crippen LogP contribution < -0.4 is 0 Å². The standard InChI is InChI=1S/C20H20N4O/c1-14-3-2-4-17(22-14)11-23-12-18-9-19(13-23)24(18)20(25)16-7-5-15(10-21)6-8-16/h2-8,18-19H,9,11-13H2,1H3. The molecule has 25 heavy (non-hydrogen) atoms. The lowest BCUT2D eigenvalue weighted by Gasteiger charge is -2.56. The molecule has 3 saturated heterocycles. The van der Waals surface area contributed by atoms with E-state index in [2.05, 4.69) is 22.0 Å². The first-order valence-corrected chi connectivity index (χ1v) is 8.62. The number of piperazine rings is 1. The minimum Gasteiger partial charge on any atom is -0.330 e. The van der Waals surface area contributed by atoms with Gasteiger partial charge in [0.15, 0.2) is 0 Å². The van der Waals surface area contributed by atoms with Crippen LogP contribution in [-0.4, -0.2) is 45.9 Å². The maximum absolute atomic E-state index is 12.8. The van der Waals surface area contributed by atoms with Gasteiger partial charge in [-0.05, 0) is 49.7 Å². The summed E-state index contributed by atoms with van der Waals surface area (Å²) in [5.41, 5.74) is 3.38. The number of nitriles is 1. The van der Waals surface area contributed by atoms with Crippen molar-refractivity contribution in [3.05, 3.63) is 65.0 Å². The number of nitrogens with zero attached hydrogens (tertiary/aromatic N) is 4. The first-order chi connectivity index (χ1) is 12.1. The first kappa shape index (κ1) is 15.8. The van der Waals surface area contributed by atoms with Crippen molar-refractivity contribution in [3.8, 4) is 6.07 Å². The third-order valence-corrected chi connectivity index (χ3v) is 5.10. The summed E-state index contributed by atoms with van der Waals surface area (Å²) in [4.78, 5) is 21.7. The van der Waals surface area contributed by atoms with Crippen LogP contribution in [0.3, 0.4) is 0 Å². The molecule has 2 unspecified atom stereocenters. The highest BCUT2D eigenvalue weighted by molar-refractivity contribution is 5.95. The van der Waals surface area contributed by atoms with Crippen LogP contribution in [0.25, 0.3) is 0 Å². The molecule has 1 aromatic carbocycles. The van der Waals surface area contributed by atoms with Gasteiger partial charge in [0, 0.05) is 43.0 Å². The van der Waals surface area contributed by atoms with Crippen molar-refractivity contribution in [2.75, 3.05) is 13.1 Å². The molecule has 2 atom stereocenters. The summed E-state index contributed by atoms with van der Waals surface area (Å²) in [5, 5.41) is 8.88. The topological polar surface area (TPSA) is 60.2 Å². The molecule has 0 aliphatic carbocycles. The molecule has 0 spiro atoms. The molecule has 3 fully saturated rings. The molecule has 1 aromatic heterocycles. The van der Waals surface area contributed by atoms with Gasteiger partial charge in [0.1, 0.15) is 0 Å². The number of pyridine rings is 1. The monoisotopic (exact) mass is 332 g/mol. The average molecular weight is 332 g/mol. The van der Waals surface area contributed by atoms with Crippen LogP contribution in [0.2, 0.25) is 0 Å². The second kappa shape index (κ2) is 6.30. The molecule has 5 heteroatoms.